The zero-order valence-electron chi connectivity index (χ0n) is 10.5. The molecule has 1 aliphatic rings. The Balaban J connectivity index is 2.04. The number of fused-ring (bicyclic) bond motifs is 1. The summed E-state index contributed by atoms with van der Waals surface area (Å²) in [5.41, 5.74) is 0.527. The van der Waals surface area contributed by atoms with Crippen LogP contribution in [0, 0.1) is 5.82 Å². The first-order valence-electron chi connectivity index (χ1n) is 6.31. The minimum atomic E-state index is -0.841. The van der Waals surface area contributed by atoms with Crippen molar-refractivity contribution in [2.24, 2.45) is 0 Å². The summed E-state index contributed by atoms with van der Waals surface area (Å²) in [6.07, 6.45) is 1.44. The van der Waals surface area contributed by atoms with E-state index in [1.54, 1.807) is 17.0 Å². The molecule has 20 heavy (non-hydrogen) atoms. The third kappa shape index (κ3) is 2.24. The lowest BCUT2D eigenvalue weighted by atomic mass is 10.2. The zero-order valence-corrected chi connectivity index (χ0v) is 12.1. The number of aromatic nitrogens is 1. The molecule has 0 unspecified atom stereocenters. The average molecular weight is 339 g/mol. The normalized spacial score (nSPS) is 18.7. The Bertz CT molecular complexity index is 692. The maximum atomic E-state index is 13.6. The van der Waals surface area contributed by atoms with Gasteiger partial charge < -0.3 is 10.0 Å². The molecule has 0 amide bonds. The summed E-state index contributed by atoms with van der Waals surface area (Å²) in [7, 11) is 0. The van der Waals surface area contributed by atoms with Crippen molar-refractivity contribution in [1.29, 1.82) is 0 Å². The number of carboxylic acids is 1. The fourth-order valence-corrected chi connectivity index (χ4v) is 2.93. The maximum absolute atomic E-state index is 13.6. The highest BCUT2D eigenvalue weighted by molar-refractivity contribution is 9.10. The van der Waals surface area contributed by atoms with E-state index in [1.165, 1.54) is 6.07 Å². The second-order valence-electron chi connectivity index (χ2n) is 4.82. The van der Waals surface area contributed by atoms with Gasteiger partial charge in [-0.15, -0.1) is 0 Å². The summed E-state index contributed by atoms with van der Waals surface area (Å²) in [5, 5.41) is 10.0. The van der Waals surface area contributed by atoms with E-state index >= 15 is 0 Å². The minimum Gasteiger partial charge on any atom is -0.480 e. The number of rotatable bonds is 2. The Morgan fingerprint density at radius 1 is 1.45 bits per heavy atom. The van der Waals surface area contributed by atoms with Crippen LogP contribution in [-0.4, -0.2) is 28.6 Å². The van der Waals surface area contributed by atoms with Crippen LogP contribution < -0.4 is 4.90 Å². The van der Waals surface area contributed by atoms with Gasteiger partial charge in [-0.1, -0.05) is 0 Å². The number of aliphatic carboxylic acids is 1. The quantitative estimate of drug-likeness (QED) is 0.913. The van der Waals surface area contributed by atoms with Gasteiger partial charge in [-0.3, -0.25) is 0 Å². The zero-order chi connectivity index (χ0) is 14.3. The number of carbonyl (C=O) groups is 1. The van der Waals surface area contributed by atoms with Crippen LogP contribution in [0.4, 0.5) is 10.2 Å². The summed E-state index contributed by atoms with van der Waals surface area (Å²) in [4.78, 5) is 17.4. The maximum Gasteiger partial charge on any atom is 0.326 e. The molecule has 0 bridgehead atoms. The lowest BCUT2D eigenvalue weighted by molar-refractivity contribution is -0.138. The largest absolute Gasteiger partial charge is 0.480 e. The minimum absolute atomic E-state index is 0.377. The van der Waals surface area contributed by atoms with Gasteiger partial charge in [-0.25, -0.2) is 14.2 Å². The Morgan fingerprint density at radius 2 is 2.25 bits per heavy atom. The fourth-order valence-electron chi connectivity index (χ4n) is 2.56. The number of hydrogen-bond acceptors (Lipinski definition) is 3. The highest BCUT2D eigenvalue weighted by Gasteiger charge is 2.31. The van der Waals surface area contributed by atoms with Crippen molar-refractivity contribution in [1.82, 2.24) is 4.98 Å². The van der Waals surface area contributed by atoms with Crippen molar-refractivity contribution < 1.29 is 14.3 Å². The third-order valence-corrected chi connectivity index (χ3v) is 4.16. The van der Waals surface area contributed by atoms with Crippen LogP contribution in [0.2, 0.25) is 0 Å². The predicted molar refractivity (Wildman–Crippen MR) is 77.4 cm³/mol. The molecule has 1 saturated heterocycles. The van der Waals surface area contributed by atoms with Crippen molar-refractivity contribution >= 4 is 38.6 Å². The van der Waals surface area contributed by atoms with E-state index in [9.17, 15) is 14.3 Å². The highest BCUT2D eigenvalue weighted by atomic mass is 79.9. The molecular formula is C14H12BrFN2O2. The lowest BCUT2D eigenvalue weighted by Gasteiger charge is -2.22. The Hall–Kier alpha value is -1.69. The summed E-state index contributed by atoms with van der Waals surface area (Å²) >= 11 is 3.14. The molecule has 0 spiro atoms. The molecule has 0 saturated carbocycles. The second-order valence-corrected chi connectivity index (χ2v) is 5.67. The molecule has 6 heteroatoms. The first kappa shape index (κ1) is 13.3. The topological polar surface area (TPSA) is 53.4 Å². The SMILES string of the molecule is O=C(O)[C@H]1CCCN1c1ccc2cc(Br)c(F)cc2n1. The molecule has 1 aromatic carbocycles. The van der Waals surface area contributed by atoms with Gasteiger partial charge in [0.1, 0.15) is 17.7 Å². The standard InChI is InChI=1S/C14H12BrFN2O2/c15-9-6-8-3-4-13(17-11(8)7-10(9)16)18-5-1-2-12(18)14(19)20/h3-4,6-7,12H,1-2,5H2,(H,19,20)/t12-/m1/s1. The van der Waals surface area contributed by atoms with Gasteiger partial charge in [-0.05, 0) is 47.0 Å². The van der Waals surface area contributed by atoms with Gasteiger partial charge in [0.05, 0.1) is 9.99 Å². The van der Waals surface area contributed by atoms with E-state index in [4.69, 9.17) is 0 Å². The van der Waals surface area contributed by atoms with E-state index in [-0.39, 0.29) is 5.82 Å². The van der Waals surface area contributed by atoms with E-state index in [0.29, 0.717) is 28.8 Å². The number of benzene rings is 1. The van der Waals surface area contributed by atoms with Gasteiger partial charge in [0.2, 0.25) is 0 Å². The van der Waals surface area contributed by atoms with Gasteiger partial charge >= 0.3 is 5.97 Å². The van der Waals surface area contributed by atoms with Crippen LogP contribution in [0.1, 0.15) is 12.8 Å². The van der Waals surface area contributed by atoms with Crippen LogP contribution in [0.15, 0.2) is 28.7 Å². The van der Waals surface area contributed by atoms with E-state index < -0.39 is 12.0 Å². The van der Waals surface area contributed by atoms with Crippen LogP contribution in [0.25, 0.3) is 10.9 Å². The molecule has 1 aliphatic heterocycles. The monoisotopic (exact) mass is 338 g/mol. The molecule has 3 rings (SSSR count). The second kappa shape index (κ2) is 5.01. The molecule has 104 valence electrons. The van der Waals surface area contributed by atoms with Crippen LogP contribution in [0.5, 0.6) is 0 Å². The summed E-state index contributed by atoms with van der Waals surface area (Å²) in [6, 6.07) is 6.10. The molecular weight excluding hydrogens is 327 g/mol. The van der Waals surface area contributed by atoms with Gasteiger partial charge in [0.25, 0.3) is 0 Å². The molecule has 1 aromatic heterocycles. The first-order chi connectivity index (χ1) is 9.56. The lowest BCUT2D eigenvalue weighted by Crippen LogP contribution is -2.36. The number of pyridine rings is 1. The summed E-state index contributed by atoms with van der Waals surface area (Å²) in [6.45, 7) is 0.661. The molecule has 4 nitrogen and oxygen atoms in total. The van der Waals surface area contributed by atoms with Crippen molar-refractivity contribution in [2.75, 3.05) is 11.4 Å². The predicted octanol–water partition coefficient (Wildman–Crippen LogP) is 3.19. The first-order valence-corrected chi connectivity index (χ1v) is 7.11. The Labute approximate surface area is 123 Å². The number of carboxylic acid groups (broad SMARTS) is 1. The number of halogens is 2. The van der Waals surface area contributed by atoms with Gasteiger partial charge in [-0.2, -0.15) is 0 Å². The van der Waals surface area contributed by atoms with Crippen molar-refractivity contribution in [3.63, 3.8) is 0 Å². The Morgan fingerprint density at radius 3 is 3.00 bits per heavy atom. The Kier molecular flexibility index (Phi) is 3.33. The fraction of sp³-hybridized carbons (Fsp3) is 0.286. The molecule has 1 N–H and O–H groups in total. The van der Waals surface area contributed by atoms with Crippen molar-refractivity contribution in [3.8, 4) is 0 Å². The molecule has 0 aliphatic carbocycles. The average Bonchev–Trinajstić information content (AvgIpc) is 2.89. The van der Waals surface area contributed by atoms with Crippen LogP contribution in [0.3, 0.4) is 0 Å². The number of hydrogen-bond donors (Lipinski definition) is 1. The summed E-state index contributed by atoms with van der Waals surface area (Å²) in [5.74, 6) is -0.631. The molecule has 0 radical (unpaired) electrons. The molecule has 2 heterocycles. The van der Waals surface area contributed by atoms with Crippen molar-refractivity contribution in [3.05, 3.63) is 34.6 Å². The molecule has 1 atom stereocenters. The highest BCUT2D eigenvalue weighted by Crippen LogP contribution is 2.28. The summed E-state index contributed by atoms with van der Waals surface area (Å²) < 4.78 is 14.0. The van der Waals surface area contributed by atoms with E-state index in [2.05, 4.69) is 20.9 Å². The molecule has 1 fully saturated rings. The van der Waals surface area contributed by atoms with Gasteiger partial charge in [0.15, 0.2) is 0 Å². The van der Waals surface area contributed by atoms with Crippen molar-refractivity contribution in [2.45, 2.75) is 18.9 Å². The number of anilines is 1. The number of nitrogens with zero attached hydrogens (tertiary/aromatic N) is 2. The van der Waals surface area contributed by atoms with E-state index in [1.807, 2.05) is 6.07 Å². The molecule has 2 aromatic rings. The third-order valence-electron chi connectivity index (χ3n) is 3.55. The van der Waals surface area contributed by atoms with Crippen LogP contribution >= 0.6 is 15.9 Å². The smallest absolute Gasteiger partial charge is 0.326 e. The van der Waals surface area contributed by atoms with E-state index in [0.717, 1.165) is 11.8 Å². The van der Waals surface area contributed by atoms with Gasteiger partial charge in [0, 0.05) is 18.0 Å². The van der Waals surface area contributed by atoms with Crippen LogP contribution in [-0.2, 0) is 4.79 Å².